The first-order chi connectivity index (χ1) is 9.28. The monoisotopic (exact) mass is 278 g/mol. The molecule has 0 radical (unpaired) electrons. The molecular formula is C15H18O5-2. The molecule has 1 rings (SSSR count). The number of rotatable bonds is 7. The lowest BCUT2D eigenvalue weighted by Crippen LogP contribution is -2.42. The Morgan fingerprint density at radius 1 is 1.30 bits per heavy atom. The second kappa shape index (κ2) is 6.41. The third-order valence-corrected chi connectivity index (χ3v) is 3.53. The number of carboxylic acids is 2. The molecule has 0 fully saturated rings. The predicted octanol–water partition coefficient (Wildman–Crippen LogP) is 0.0850. The first-order valence-corrected chi connectivity index (χ1v) is 6.34. The Kier molecular flexibility index (Phi) is 5.13. The van der Waals surface area contributed by atoms with Crippen molar-refractivity contribution in [1.82, 2.24) is 0 Å². The Morgan fingerprint density at radius 2 is 1.95 bits per heavy atom. The molecule has 0 aliphatic carbocycles. The minimum atomic E-state index is -1.22. The zero-order chi connectivity index (χ0) is 15.3. The normalized spacial score (nSPS) is 12.8. The molecule has 0 aliphatic heterocycles. The molecule has 1 atom stereocenters. The van der Waals surface area contributed by atoms with Gasteiger partial charge in [0.25, 0.3) is 0 Å². The largest absolute Gasteiger partial charge is 0.550 e. The van der Waals surface area contributed by atoms with E-state index in [-0.39, 0.29) is 12.8 Å². The van der Waals surface area contributed by atoms with Crippen molar-refractivity contribution in [2.75, 3.05) is 7.11 Å². The maximum absolute atomic E-state index is 11.3. The van der Waals surface area contributed by atoms with E-state index in [1.165, 1.54) is 21.0 Å². The fourth-order valence-electron chi connectivity index (χ4n) is 2.21. The molecule has 5 nitrogen and oxygen atoms in total. The Morgan fingerprint density at radius 3 is 2.45 bits per heavy atom. The molecule has 0 saturated carbocycles. The number of hydrogen-bond donors (Lipinski definition) is 0. The second-order valence-corrected chi connectivity index (χ2v) is 5.25. The van der Waals surface area contributed by atoms with Gasteiger partial charge in [-0.05, 0) is 36.5 Å². The number of ether oxygens (including phenoxy) is 1. The van der Waals surface area contributed by atoms with Crippen molar-refractivity contribution >= 4 is 11.9 Å². The number of hydrogen-bond acceptors (Lipinski definition) is 5. The summed E-state index contributed by atoms with van der Waals surface area (Å²) in [6, 6.07) is 6.95. The van der Waals surface area contributed by atoms with Crippen molar-refractivity contribution in [3.05, 3.63) is 29.8 Å². The van der Waals surface area contributed by atoms with E-state index >= 15 is 0 Å². The lowest BCUT2D eigenvalue weighted by molar-refractivity contribution is -0.319. The van der Waals surface area contributed by atoms with Crippen molar-refractivity contribution in [1.29, 1.82) is 0 Å². The van der Waals surface area contributed by atoms with E-state index in [1.54, 1.807) is 24.3 Å². The summed E-state index contributed by atoms with van der Waals surface area (Å²) in [5, 5.41) is 22.0. The fraction of sp³-hybridized carbons (Fsp3) is 0.467. The summed E-state index contributed by atoms with van der Waals surface area (Å²) in [6.45, 7) is 3.06. The second-order valence-electron chi connectivity index (χ2n) is 5.25. The van der Waals surface area contributed by atoms with Gasteiger partial charge in [0.1, 0.15) is 5.75 Å². The average Bonchev–Trinajstić information content (AvgIpc) is 2.38. The molecule has 0 aromatic heterocycles. The van der Waals surface area contributed by atoms with Gasteiger partial charge < -0.3 is 24.5 Å². The van der Waals surface area contributed by atoms with Crippen molar-refractivity contribution in [3.8, 4) is 5.75 Å². The van der Waals surface area contributed by atoms with E-state index in [4.69, 9.17) is 4.74 Å². The van der Waals surface area contributed by atoms with E-state index in [2.05, 4.69) is 0 Å². The van der Waals surface area contributed by atoms with Crippen LogP contribution in [0.2, 0.25) is 0 Å². The van der Waals surface area contributed by atoms with Crippen LogP contribution in [0, 0.1) is 5.41 Å². The van der Waals surface area contributed by atoms with Crippen LogP contribution in [0.15, 0.2) is 24.3 Å². The van der Waals surface area contributed by atoms with Crippen LogP contribution < -0.4 is 14.9 Å². The van der Waals surface area contributed by atoms with Crippen LogP contribution in [0.1, 0.15) is 38.2 Å². The molecule has 1 aromatic carbocycles. The SMILES string of the molecule is COc1cccc([C@H](CCC(=O)[O-])C(C)(C)C(=O)[O-])c1. The number of carboxylic acid groups (broad SMARTS) is 2. The summed E-state index contributed by atoms with van der Waals surface area (Å²) in [6.07, 6.45) is -0.0466. The quantitative estimate of drug-likeness (QED) is 0.705. The highest BCUT2D eigenvalue weighted by molar-refractivity contribution is 5.73. The van der Waals surface area contributed by atoms with E-state index in [9.17, 15) is 19.8 Å². The van der Waals surface area contributed by atoms with Crippen molar-refractivity contribution < 1.29 is 24.5 Å². The van der Waals surface area contributed by atoms with Crippen LogP contribution in [0.3, 0.4) is 0 Å². The van der Waals surface area contributed by atoms with Gasteiger partial charge in [-0.2, -0.15) is 0 Å². The van der Waals surface area contributed by atoms with Gasteiger partial charge in [0.2, 0.25) is 0 Å². The number of methoxy groups -OCH3 is 1. The summed E-state index contributed by atoms with van der Waals surface area (Å²) < 4.78 is 5.11. The van der Waals surface area contributed by atoms with E-state index in [1.807, 2.05) is 0 Å². The van der Waals surface area contributed by atoms with Crippen molar-refractivity contribution in [2.45, 2.75) is 32.6 Å². The standard InChI is InChI=1S/C15H20O5/c1-15(2,14(18)19)12(7-8-13(16)17)10-5-4-6-11(9-10)20-3/h4-6,9,12H,7-8H2,1-3H3,(H,16,17)(H,18,19)/p-2/t12-/m0/s1. The van der Waals surface area contributed by atoms with Crippen LogP contribution in [-0.4, -0.2) is 19.0 Å². The maximum Gasteiger partial charge on any atom is 0.119 e. The van der Waals surface area contributed by atoms with Crippen LogP contribution >= 0.6 is 0 Å². The molecular weight excluding hydrogens is 260 g/mol. The summed E-state index contributed by atoms with van der Waals surface area (Å²) >= 11 is 0. The molecule has 20 heavy (non-hydrogen) atoms. The zero-order valence-electron chi connectivity index (χ0n) is 11.8. The first-order valence-electron chi connectivity index (χ1n) is 6.34. The molecule has 0 heterocycles. The number of benzene rings is 1. The fourth-order valence-corrected chi connectivity index (χ4v) is 2.21. The summed E-state index contributed by atoms with van der Waals surface area (Å²) in [7, 11) is 1.51. The van der Waals surface area contributed by atoms with Crippen LogP contribution in [0.5, 0.6) is 5.75 Å². The minimum absolute atomic E-state index is 0.163. The van der Waals surface area contributed by atoms with E-state index in [0.29, 0.717) is 11.3 Å². The lowest BCUT2D eigenvalue weighted by Gasteiger charge is -2.36. The summed E-state index contributed by atoms with van der Waals surface area (Å²) in [5.74, 6) is -2.33. The van der Waals surface area contributed by atoms with Crippen LogP contribution in [0.4, 0.5) is 0 Å². The van der Waals surface area contributed by atoms with Gasteiger partial charge in [0.15, 0.2) is 0 Å². The third-order valence-electron chi connectivity index (χ3n) is 3.53. The van der Waals surface area contributed by atoms with Gasteiger partial charge in [-0.1, -0.05) is 26.0 Å². The molecule has 0 unspecified atom stereocenters. The van der Waals surface area contributed by atoms with Gasteiger partial charge in [-0.15, -0.1) is 0 Å². The maximum atomic E-state index is 11.3. The van der Waals surface area contributed by atoms with Gasteiger partial charge in [-0.25, -0.2) is 0 Å². The van der Waals surface area contributed by atoms with Crippen LogP contribution in [-0.2, 0) is 9.59 Å². The number of aliphatic carboxylic acids is 2. The Bertz CT molecular complexity index is 493. The minimum Gasteiger partial charge on any atom is -0.550 e. The van der Waals surface area contributed by atoms with Gasteiger partial charge in [0, 0.05) is 17.4 Å². The highest BCUT2D eigenvalue weighted by Gasteiger charge is 2.32. The summed E-state index contributed by atoms with van der Waals surface area (Å²) in [5.41, 5.74) is -0.484. The molecule has 0 bridgehead atoms. The summed E-state index contributed by atoms with van der Waals surface area (Å²) in [4.78, 5) is 22.0. The van der Waals surface area contributed by atoms with Crippen molar-refractivity contribution in [2.24, 2.45) is 5.41 Å². The van der Waals surface area contributed by atoms with E-state index in [0.717, 1.165) is 0 Å². The Hall–Kier alpha value is -2.04. The number of carbonyl (C=O) groups excluding carboxylic acids is 2. The highest BCUT2D eigenvalue weighted by atomic mass is 16.5. The number of carbonyl (C=O) groups is 2. The average molecular weight is 278 g/mol. The molecule has 0 amide bonds. The smallest absolute Gasteiger partial charge is 0.119 e. The van der Waals surface area contributed by atoms with Gasteiger partial charge in [0.05, 0.1) is 7.11 Å². The highest BCUT2D eigenvalue weighted by Crippen LogP contribution is 2.39. The third kappa shape index (κ3) is 3.73. The molecule has 0 aliphatic rings. The van der Waals surface area contributed by atoms with E-state index < -0.39 is 23.3 Å². The van der Waals surface area contributed by atoms with Gasteiger partial charge in [-0.3, -0.25) is 0 Å². The van der Waals surface area contributed by atoms with Gasteiger partial charge >= 0.3 is 0 Å². The molecule has 0 N–H and O–H groups in total. The molecule has 0 spiro atoms. The lowest BCUT2D eigenvalue weighted by atomic mass is 9.72. The molecule has 5 heteroatoms. The van der Waals surface area contributed by atoms with Crippen molar-refractivity contribution in [3.63, 3.8) is 0 Å². The van der Waals surface area contributed by atoms with Crippen LogP contribution in [0.25, 0.3) is 0 Å². The predicted molar refractivity (Wildman–Crippen MR) is 68.8 cm³/mol. The molecule has 1 aromatic rings. The molecule has 0 saturated heterocycles. The first kappa shape index (κ1) is 16.0. The Balaban J connectivity index is 3.14. The zero-order valence-corrected chi connectivity index (χ0v) is 11.8. The topological polar surface area (TPSA) is 89.5 Å². The molecule has 110 valence electrons. The Labute approximate surface area is 118 Å².